The lowest BCUT2D eigenvalue weighted by Gasteiger charge is -2.16. The van der Waals surface area contributed by atoms with E-state index in [1.807, 2.05) is 0 Å². The number of hydrogen-bond donors (Lipinski definition) is 0. The predicted octanol–water partition coefficient (Wildman–Crippen LogP) is 3.52. The Morgan fingerprint density at radius 3 is 2.68 bits per heavy atom. The van der Waals surface area contributed by atoms with Crippen LogP contribution >= 0.6 is 27.5 Å². The Balaban J connectivity index is 2.31. The second-order valence-corrected chi connectivity index (χ2v) is 7.25. The summed E-state index contributed by atoms with van der Waals surface area (Å²) in [4.78, 5) is 0.0754. The number of furan rings is 1. The highest BCUT2D eigenvalue weighted by Gasteiger charge is 2.24. The Bertz CT molecular complexity index is 670. The molecule has 0 aliphatic carbocycles. The van der Waals surface area contributed by atoms with E-state index >= 15 is 0 Å². The SMILES string of the molecule is CN(Cc1ccco1)S(=O)(=O)c1ccc(Br)cc1Cl. The molecule has 0 unspecified atom stereocenters. The fourth-order valence-corrected chi connectivity index (χ4v) is 3.70. The Labute approximate surface area is 125 Å². The molecule has 2 aromatic rings. The Morgan fingerprint density at radius 1 is 1.37 bits per heavy atom. The van der Waals surface area contributed by atoms with Crippen molar-refractivity contribution in [2.75, 3.05) is 7.05 Å². The normalized spacial score (nSPS) is 12.0. The van der Waals surface area contributed by atoms with E-state index in [1.165, 1.54) is 23.7 Å². The highest BCUT2D eigenvalue weighted by atomic mass is 79.9. The molecule has 4 nitrogen and oxygen atoms in total. The van der Waals surface area contributed by atoms with Crippen LogP contribution in [0.15, 0.2) is 50.4 Å². The van der Waals surface area contributed by atoms with Crippen LogP contribution in [0.2, 0.25) is 5.02 Å². The molecule has 0 fully saturated rings. The highest BCUT2D eigenvalue weighted by Crippen LogP contribution is 2.27. The maximum absolute atomic E-state index is 12.4. The molecule has 0 spiro atoms. The van der Waals surface area contributed by atoms with E-state index in [0.717, 1.165) is 4.47 Å². The third-order valence-corrected chi connectivity index (χ3v) is 5.32. The van der Waals surface area contributed by atoms with Crippen LogP contribution in [0.3, 0.4) is 0 Å². The molecule has 102 valence electrons. The third-order valence-electron chi connectivity index (χ3n) is 2.54. The van der Waals surface area contributed by atoms with Gasteiger partial charge >= 0.3 is 0 Å². The van der Waals surface area contributed by atoms with Gasteiger partial charge in [0.1, 0.15) is 10.7 Å². The topological polar surface area (TPSA) is 50.5 Å². The molecule has 1 heterocycles. The van der Waals surface area contributed by atoms with Crippen LogP contribution in [-0.2, 0) is 16.6 Å². The Hall–Kier alpha value is -0.820. The molecule has 0 amide bonds. The van der Waals surface area contributed by atoms with E-state index in [0.29, 0.717) is 5.76 Å². The molecule has 7 heteroatoms. The lowest BCUT2D eigenvalue weighted by atomic mass is 10.4. The van der Waals surface area contributed by atoms with E-state index in [2.05, 4.69) is 15.9 Å². The second kappa shape index (κ2) is 5.66. The molecule has 0 atom stereocenters. The summed E-state index contributed by atoms with van der Waals surface area (Å²) in [6.07, 6.45) is 1.50. The first kappa shape index (κ1) is 14.6. The van der Waals surface area contributed by atoms with Crippen molar-refractivity contribution in [3.63, 3.8) is 0 Å². The molecule has 0 aliphatic heterocycles. The molecule has 19 heavy (non-hydrogen) atoms. The number of halogens is 2. The summed E-state index contributed by atoms with van der Waals surface area (Å²) >= 11 is 9.22. The van der Waals surface area contributed by atoms with Crippen LogP contribution in [0, 0.1) is 0 Å². The van der Waals surface area contributed by atoms with Crippen LogP contribution in [0.4, 0.5) is 0 Å². The summed E-state index contributed by atoms with van der Waals surface area (Å²) in [5.41, 5.74) is 0. The molecule has 0 N–H and O–H groups in total. The zero-order valence-electron chi connectivity index (χ0n) is 10.0. The standard InChI is InChI=1S/C12H11BrClNO3S/c1-15(8-10-3-2-6-18-10)19(16,17)12-5-4-9(13)7-11(12)14/h2-7H,8H2,1H3. The number of rotatable bonds is 4. The molecule has 2 rings (SSSR count). The van der Waals surface area contributed by atoms with Gasteiger partial charge in [0, 0.05) is 11.5 Å². The van der Waals surface area contributed by atoms with Gasteiger partial charge in [-0.2, -0.15) is 4.31 Å². The first-order chi connectivity index (χ1) is 8.91. The first-order valence-electron chi connectivity index (χ1n) is 5.35. The fraction of sp³-hybridized carbons (Fsp3) is 0.167. The van der Waals surface area contributed by atoms with Gasteiger partial charge in [0.2, 0.25) is 10.0 Å². The third kappa shape index (κ3) is 3.20. The highest BCUT2D eigenvalue weighted by molar-refractivity contribution is 9.10. The van der Waals surface area contributed by atoms with E-state index in [4.69, 9.17) is 16.0 Å². The molecule has 0 radical (unpaired) electrons. The van der Waals surface area contributed by atoms with Gasteiger partial charge in [0.05, 0.1) is 17.8 Å². The molecule has 0 saturated carbocycles. The Kier molecular flexibility index (Phi) is 4.35. The van der Waals surface area contributed by atoms with Gasteiger partial charge in [-0.1, -0.05) is 27.5 Å². The summed E-state index contributed by atoms with van der Waals surface area (Å²) in [7, 11) is -2.16. The minimum absolute atomic E-state index is 0.0754. The lowest BCUT2D eigenvalue weighted by molar-refractivity contribution is 0.406. The quantitative estimate of drug-likeness (QED) is 0.834. The van der Waals surface area contributed by atoms with E-state index in [1.54, 1.807) is 24.3 Å². The minimum atomic E-state index is -3.64. The molecule has 0 aliphatic rings. The molecule has 0 saturated heterocycles. The maximum atomic E-state index is 12.4. The van der Waals surface area contributed by atoms with Gasteiger partial charge in [0.15, 0.2) is 0 Å². The number of benzene rings is 1. The maximum Gasteiger partial charge on any atom is 0.244 e. The largest absolute Gasteiger partial charge is 0.468 e. The average molecular weight is 365 g/mol. The van der Waals surface area contributed by atoms with Gasteiger partial charge in [0.25, 0.3) is 0 Å². The summed E-state index contributed by atoms with van der Waals surface area (Å²) in [6, 6.07) is 8.09. The van der Waals surface area contributed by atoms with Gasteiger partial charge in [-0.25, -0.2) is 8.42 Å². The van der Waals surface area contributed by atoms with Gasteiger partial charge in [-0.15, -0.1) is 0 Å². The minimum Gasteiger partial charge on any atom is -0.468 e. The smallest absolute Gasteiger partial charge is 0.244 e. The Morgan fingerprint density at radius 2 is 2.11 bits per heavy atom. The van der Waals surface area contributed by atoms with Crippen LogP contribution < -0.4 is 0 Å². The number of nitrogens with zero attached hydrogens (tertiary/aromatic N) is 1. The van der Waals surface area contributed by atoms with Crippen LogP contribution in [-0.4, -0.2) is 19.8 Å². The molecule has 1 aromatic heterocycles. The molecule has 0 bridgehead atoms. The summed E-state index contributed by atoms with van der Waals surface area (Å²) in [6.45, 7) is 0.154. The predicted molar refractivity (Wildman–Crippen MR) is 76.5 cm³/mol. The van der Waals surface area contributed by atoms with Crippen molar-refractivity contribution in [2.24, 2.45) is 0 Å². The van der Waals surface area contributed by atoms with E-state index in [9.17, 15) is 8.42 Å². The summed E-state index contributed by atoms with van der Waals surface area (Å²) < 4.78 is 31.8. The number of hydrogen-bond acceptors (Lipinski definition) is 3. The van der Waals surface area contributed by atoms with Gasteiger partial charge < -0.3 is 4.42 Å². The van der Waals surface area contributed by atoms with E-state index < -0.39 is 10.0 Å². The zero-order chi connectivity index (χ0) is 14.0. The molecule has 1 aromatic carbocycles. The summed E-state index contributed by atoms with van der Waals surface area (Å²) in [5.74, 6) is 0.569. The van der Waals surface area contributed by atoms with Crippen molar-refractivity contribution < 1.29 is 12.8 Å². The molecular formula is C12H11BrClNO3S. The lowest BCUT2D eigenvalue weighted by Crippen LogP contribution is -2.26. The van der Waals surface area contributed by atoms with Crippen molar-refractivity contribution in [1.29, 1.82) is 0 Å². The summed E-state index contributed by atoms with van der Waals surface area (Å²) in [5, 5.41) is 0.181. The number of sulfonamides is 1. The fourth-order valence-electron chi connectivity index (χ4n) is 1.56. The van der Waals surface area contributed by atoms with Crippen LogP contribution in [0.1, 0.15) is 5.76 Å². The van der Waals surface area contributed by atoms with Crippen molar-refractivity contribution in [3.8, 4) is 0 Å². The van der Waals surface area contributed by atoms with Crippen molar-refractivity contribution >= 4 is 37.6 Å². The second-order valence-electron chi connectivity index (χ2n) is 3.92. The van der Waals surface area contributed by atoms with Crippen molar-refractivity contribution in [3.05, 3.63) is 51.9 Å². The van der Waals surface area contributed by atoms with Gasteiger partial charge in [-0.3, -0.25) is 0 Å². The molecular weight excluding hydrogens is 354 g/mol. The van der Waals surface area contributed by atoms with Crippen LogP contribution in [0.5, 0.6) is 0 Å². The first-order valence-corrected chi connectivity index (χ1v) is 7.96. The van der Waals surface area contributed by atoms with Crippen molar-refractivity contribution in [2.45, 2.75) is 11.4 Å². The van der Waals surface area contributed by atoms with E-state index in [-0.39, 0.29) is 16.5 Å². The van der Waals surface area contributed by atoms with Crippen molar-refractivity contribution in [1.82, 2.24) is 4.31 Å². The van der Waals surface area contributed by atoms with Crippen LogP contribution in [0.25, 0.3) is 0 Å². The van der Waals surface area contributed by atoms with Gasteiger partial charge in [-0.05, 0) is 30.3 Å². The zero-order valence-corrected chi connectivity index (χ0v) is 13.2. The monoisotopic (exact) mass is 363 g/mol. The average Bonchev–Trinajstić information content (AvgIpc) is 2.81.